The standard InChI is InChI=1S/C14H18N2O2/c1-14(6-7-14)16-9-12(17)10-18-13-4-2-11(8-15)3-5-13/h2-5,12,16-17H,6-7,9-10H2,1H3. The maximum Gasteiger partial charge on any atom is 0.119 e. The molecular weight excluding hydrogens is 228 g/mol. The van der Waals surface area contributed by atoms with Gasteiger partial charge in [-0.15, -0.1) is 0 Å². The highest BCUT2D eigenvalue weighted by Crippen LogP contribution is 2.33. The first-order chi connectivity index (χ1) is 8.61. The Hall–Kier alpha value is -1.57. The molecule has 1 aliphatic rings. The quantitative estimate of drug-likeness (QED) is 0.797. The summed E-state index contributed by atoms with van der Waals surface area (Å²) in [5.74, 6) is 0.672. The summed E-state index contributed by atoms with van der Waals surface area (Å²) in [4.78, 5) is 0. The van der Waals surface area contributed by atoms with Crippen molar-refractivity contribution in [3.8, 4) is 11.8 Å². The Morgan fingerprint density at radius 1 is 1.44 bits per heavy atom. The van der Waals surface area contributed by atoms with E-state index in [0.29, 0.717) is 17.9 Å². The minimum Gasteiger partial charge on any atom is -0.491 e. The van der Waals surface area contributed by atoms with Crippen LogP contribution in [-0.2, 0) is 0 Å². The Labute approximate surface area is 107 Å². The zero-order chi connectivity index (χ0) is 13.0. The highest BCUT2D eigenvalue weighted by atomic mass is 16.5. The molecular formula is C14H18N2O2. The first-order valence-electron chi connectivity index (χ1n) is 6.17. The lowest BCUT2D eigenvalue weighted by Gasteiger charge is -2.16. The molecule has 4 nitrogen and oxygen atoms in total. The van der Waals surface area contributed by atoms with Crippen LogP contribution in [0.3, 0.4) is 0 Å². The molecule has 0 aliphatic heterocycles. The van der Waals surface area contributed by atoms with Crippen molar-refractivity contribution in [2.45, 2.75) is 31.4 Å². The molecule has 0 amide bonds. The highest BCUT2D eigenvalue weighted by molar-refractivity contribution is 5.34. The van der Waals surface area contributed by atoms with Crippen LogP contribution < -0.4 is 10.1 Å². The number of benzene rings is 1. The predicted octanol–water partition coefficient (Wildman–Crippen LogP) is 1.44. The number of nitrogens with one attached hydrogen (secondary N) is 1. The van der Waals surface area contributed by atoms with Gasteiger partial charge in [0.25, 0.3) is 0 Å². The van der Waals surface area contributed by atoms with Gasteiger partial charge in [-0.1, -0.05) is 0 Å². The first kappa shape index (κ1) is 12.9. The summed E-state index contributed by atoms with van der Waals surface area (Å²) in [7, 11) is 0. The lowest BCUT2D eigenvalue weighted by atomic mass is 10.2. The zero-order valence-corrected chi connectivity index (χ0v) is 10.5. The van der Waals surface area contributed by atoms with Gasteiger partial charge in [-0.05, 0) is 44.0 Å². The van der Waals surface area contributed by atoms with Crippen LogP contribution in [0.2, 0.25) is 0 Å². The molecule has 1 unspecified atom stereocenters. The fourth-order valence-corrected chi connectivity index (χ4v) is 1.61. The minimum atomic E-state index is -0.516. The average Bonchev–Trinajstić information content (AvgIpc) is 3.13. The van der Waals surface area contributed by atoms with E-state index in [-0.39, 0.29) is 12.1 Å². The SMILES string of the molecule is CC1(NCC(O)COc2ccc(C#N)cc2)CC1. The molecule has 1 atom stereocenters. The summed E-state index contributed by atoms with van der Waals surface area (Å²) in [5.41, 5.74) is 0.835. The number of β-amino-alcohol motifs (C(OH)–C–C–N with tert-alkyl or cyclic N) is 1. The van der Waals surface area contributed by atoms with E-state index in [2.05, 4.69) is 12.2 Å². The van der Waals surface area contributed by atoms with Crippen LogP contribution in [-0.4, -0.2) is 29.9 Å². The van der Waals surface area contributed by atoms with Crippen LogP contribution in [0, 0.1) is 11.3 Å². The van der Waals surface area contributed by atoms with Gasteiger partial charge < -0.3 is 15.2 Å². The molecule has 18 heavy (non-hydrogen) atoms. The Morgan fingerprint density at radius 2 is 2.11 bits per heavy atom. The van der Waals surface area contributed by atoms with Gasteiger partial charge in [0.15, 0.2) is 0 Å². The normalized spacial score (nSPS) is 17.8. The lowest BCUT2D eigenvalue weighted by Crippen LogP contribution is -2.37. The molecule has 1 aliphatic carbocycles. The van der Waals surface area contributed by atoms with Crippen LogP contribution in [0.1, 0.15) is 25.3 Å². The lowest BCUT2D eigenvalue weighted by molar-refractivity contribution is 0.103. The second-order valence-electron chi connectivity index (χ2n) is 5.04. The molecule has 1 fully saturated rings. The molecule has 1 saturated carbocycles. The number of aliphatic hydroxyl groups excluding tert-OH is 1. The third-order valence-electron chi connectivity index (χ3n) is 3.19. The van der Waals surface area contributed by atoms with Gasteiger partial charge in [0, 0.05) is 12.1 Å². The van der Waals surface area contributed by atoms with E-state index in [1.807, 2.05) is 6.07 Å². The van der Waals surface area contributed by atoms with Gasteiger partial charge in [-0.3, -0.25) is 0 Å². The molecule has 0 heterocycles. The summed E-state index contributed by atoms with van der Waals surface area (Å²) in [6.45, 7) is 2.96. The van der Waals surface area contributed by atoms with Crippen LogP contribution >= 0.6 is 0 Å². The predicted molar refractivity (Wildman–Crippen MR) is 68.3 cm³/mol. The maximum absolute atomic E-state index is 9.76. The Kier molecular flexibility index (Phi) is 3.85. The van der Waals surface area contributed by atoms with E-state index in [0.717, 1.165) is 0 Å². The molecule has 2 rings (SSSR count). The van der Waals surface area contributed by atoms with Crippen molar-refractivity contribution in [3.63, 3.8) is 0 Å². The summed E-state index contributed by atoms with van der Waals surface area (Å²) < 4.78 is 5.45. The molecule has 4 heteroatoms. The van der Waals surface area contributed by atoms with E-state index >= 15 is 0 Å². The van der Waals surface area contributed by atoms with Gasteiger partial charge in [0.2, 0.25) is 0 Å². The molecule has 0 saturated heterocycles. The zero-order valence-electron chi connectivity index (χ0n) is 10.5. The minimum absolute atomic E-state index is 0.232. The molecule has 0 spiro atoms. The Balaban J connectivity index is 1.71. The van der Waals surface area contributed by atoms with Crippen molar-refractivity contribution in [2.24, 2.45) is 0 Å². The molecule has 0 aromatic heterocycles. The summed E-state index contributed by atoms with van der Waals surface area (Å²) in [6.07, 6.45) is 1.84. The summed E-state index contributed by atoms with van der Waals surface area (Å²) >= 11 is 0. The number of aliphatic hydroxyl groups is 1. The number of nitriles is 1. The van der Waals surface area contributed by atoms with Crippen molar-refractivity contribution < 1.29 is 9.84 Å². The van der Waals surface area contributed by atoms with Gasteiger partial charge >= 0.3 is 0 Å². The van der Waals surface area contributed by atoms with Gasteiger partial charge in [-0.2, -0.15) is 5.26 Å². The molecule has 1 aromatic carbocycles. The highest BCUT2D eigenvalue weighted by Gasteiger charge is 2.36. The van der Waals surface area contributed by atoms with Crippen LogP contribution in [0.15, 0.2) is 24.3 Å². The molecule has 2 N–H and O–H groups in total. The molecule has 96 valence electrons. The fraction of sp³-hybridized carbons (Fsp3) is 0.500. The van der Waals surface area contributed by atoms with E-state index < -0.39 is 6.10 Å². The first-order valence-corrected chi connectivity index (χ1v) is 6.17. The molecule has 1 aromatic rings. The van der Waals surface area contributed by atoms with Crippen molar-refractivity contribution in [1.29, 1.82) is 5.26 Å². The van der Waals surface area contributed by atoms with Crippen molar-refractivity contribution in [3.05, 3.63) is 29.8 Å². The summed E-state index contributed by atoms with van der Waals surface area (Å²) in [5, 5.41) is 21.7. The van der Waals surface area contributed by atoms with Crippen LogP contribution in [0.5, 0.6) is 5.75 Å². The van der Waals surface area contributed by atoms with E-state index in [1.165, 1.54) is 12.8 Å². The second kappa shape index (κ2) is 5.38. The Bertz CT molecular complexity index is 432. The topological polar surface area (TPSA) is 65.3 Å². The number of ether oxygens (including phenoxy) is 1. The van der Waals surface area contributed by atoms with Crippen molar-refractivity contribution >= 4 is 0 Å². The van der Waals surface area contributed by atoms with E-state index in [4.69, 9.17) is 10.00 Å². The van der Waals surface area contributed by atoms with E-state index in [1.54, 1.807) is 24.3 Å². The second-order valence-corrected chi connectivity index (χ2v) is 5.04. The average molecular weight is 246 g/mol. The molecule has 0 bridgehead atoms. The number of rotatable bonds is 6. The largest absolute Gasteiger partial charge is 0.491 e. The monoisotopic (exact) mass is 246 g/mol. The Morgan fingerprint density at radius 3 is 2.67 bits per heavy atom. The fourth-order valence-electron chi connectivity index (χ4n) is 1.61. The van der Waals surface area contributed by atoms with Gasteiger partial charge in [0.05, 0.1) is 11.6 Å². The third-order valence-corrected chi connectivity index (χ3v) is 3.19. The van der Waals surface area contributed by atoms with Crippen LogP contribution in [0.25, 0.3) is 0 Å². The number of hydrogen-bond acceptors (Lipinski definition) is 4. The summed E-state index contributed by atoms with van der Waals surface area (Å²) in [6, 6.07) is 8.92. The van der Waals surface area contributed by atoms with Crippen molar-refractivity contribution in [1.82, 2.24) is 5.32 Å². The number of hydrogen-bond donors (Lipinski definition) is 2. The van der Waals surface area contributed by atoms with Gasteiger partial charge in [0.1, 0.15) is 18.5 Å². The van der Waals surface area contributed by atoms with Crippen molar-refractivity contribution in [2.75, 3.05) is 13.2 Å². The smallest absolute Gasteiger partial charge is 0.119 e. The number of nitrogens with zero attached hydrogens (tertiary/aromatic N) is 1. The third kappa shape index (κ3) is 3.73. The molecule has 0 radical (unpaired) electrons. The van der Waals surface area contributed by atoms with Crippen LogP contribution in [0.4, 0.5) is 0 Å². The maximum atomic E-state index is 9.76. The van der Waals surface area contributed by atoms with Gasteiger partial charge in [-0.25, -0.2) is 0 Å². The van der Waals surface area contributed by atoms with E-state index in [9.17, 15) is 5.11 Å².